The van der Waals surface area contributed by atoms with Crippen molar-refractivity contribution in [3.8, 4) is 0 Å². The molecular formula is C6H8N2O2. The van der Waals surface area contributed by atoms with E-state index in [9.17, 15) is 4.79 Å². The van der Waals surface area contributed by atoms with E-state index in [1.807, 2.05) is 0 Å². The second kappa shape index (κ2) is 3.12. The number of nitrogens with zero attached hydrogens (tertiary/aromatic N) is 1. The molecule has 0 spiro atoms. The first-order valence-corrected chi connectivity index (χ1v) is 2.93. The zero-order chi connectivity index (χ0) is 7.40. The molecule has 54 valence electrons. The number of aliphatic hydroxyl groups excluding tert-OH is 1. The number of aromatic nitrogens is 2. The fourth-order valence-corrected chi connectivity index (χ4v) is 0.637. The van der Waals surface area contributed by atoms with Crippen molar-refractivity contribution in [2.75, 3.05) is 6.61 Å². The average molecular weight is 140 g/mol. The molecule has 0 aromatic carbocycles. The van der Waals surface area contributed by atoms with E-state index in [-0.39, 0.29) is 12.2 Å². The van der Waals surface area contributed by atoms with Gasteiger partial charge in [0.05, 0.1) is 6.42 Å². The Kier molecular flexibility index (Phi) is 2.17. The molecule has 0 radical (unpaired) electrons. The molecule has 0 unspecified atom stereocenters. The van der Waals surface area contributed by atoms with Crippen LogP contribution in [-0.2, 0) is 11.2 Å². The van der Waals surface area contributed by atoms with Crippen LogP contribution in [0.1, 0.15) is 5.82 Å². The molecule has 0 fully saturated rings. The number of Topliss-reactive ketones (excluding diaryl/α,β-unsaturated/α-hetero) is 1. The molecule has 0 aliphatic heterocycles. The number of carbonyl (C=O) groups excluding carboxylic acids is 1. The molecule has 4 heteroatoms. The van der Waals surface area contributed by atoms with Crippen molar-refractivity contribution in [1.82, 2.24) is 9.97 Å². The van der Waals surface area contributed by atoms with Crippen LogP contribution in [-0.4, -0.2) is 27.5 Å². The number of aromatic amines is 1. The second-order valence-electron chi connectivity index (χ2n) is 1.91. The summed E-state index contributed by atoms with van der Waals surface area (Å²) >= 11 is 0. The number of rotatable bonds is 3. The lowest BCUT2D eigenvalue weighted by Crippen LogP contribution is -2.08. The van der Waals surface area contributed by atoms with Crippen LogP contribution in [0.3, 0.4) is 0 Å². The topological polar surface area (TPSA) is 66.0 Å². The van der Waals surface area contributed by atoms with Gasteiger partial charge in [-0.15, -0.1) is 0 Å². The van der Waals surface area contributed by atoms with Gasteiger partial charge in [0.2, 0.25) is 0 Å². The third-order valence-electron chi connectivity index (χ3n) is 1.10. The largest absolute Gasteiger partial charge is 0.389 e. The number of hydrogen-bond acceptors (Lipinski definition) is 3. The minimum atomic E-state index is -0.416. The zero-order valence-electron chi connectivity index (χ0n) is 5.37. The molecule has 0 aliphatic rings. The molecule has 1 aromatic rings. The van der Waals surface area contributed by atoms with E-state index in [0.717, 1.165) is 0 Å². The van der Waals surface area contributed by atoms with Crippen molar-refractivity contribution in [3.05, 3.63) is 18.2 Å². The summed E-state index contributed by atoms with van der Waals surface area (Å²) in [5, 5.41) is 8.34. The van der Waals surface area contributed by atoms with Crippen molar-refractivity contribution >= 4 is 5.78 Å². The van der Waals surface area contributed by atoms with E-state index in [0.29, 0.717) is 5.82 Å². The van der Waals surface area contributed by atoms with Crippen LogP contribution >= 0.6 is 0 Å². The van der Waals surface area contributed by atoms with E-state index < -0.39 is 6.61 Å². The maximum Gasteiger partial charge on any atom is 0.165 e. The average Bonchev–Trinajstić information content (AvgIpc) is 2.40. The van der Waals surface area contributed by atoms with E-state index in [4.69, 9.17) is 5.11 Å². The molecule has 0 saturated heterocycles. The van der Waals surface area contributed by atoms with Gasteiger partial charge in [0.1, 0.15) is 12.4 Å². The van der Waals surface area contributed by atoms with Gasteiger partial charge in [-0.1, -0.05) is 0 Å². The Morgan fingerprint density at radius 2 is 2.60 bits per heavy atom. The van der Waals surface area contributed by atoms with Crippen LogP contribution in [0.4, 0.5) is 0 Å². The maximum absolute atomic E-state index is 10.6. The number of imidazole rings is 1. The normalized spacial score (nSPS) is 9.70. The van der Waals surface area contributed by atoms with E-state index >= 15 is 0 Å². The molecule has 1 aromatic heterocycles. The Labute approximate surface area is 57.9 Å². The smallest absolute Gasteiger partial charge is 0.165 e. The predicted molar refractivity (Wildman–Crippen MR) is 34.4 cm³/mol. The highest BCUT2D eigenvalue weighted by Crippen LogP contribution is 1.89. The summed E-state index contributed by atoms with van der Waals surface area (Å²) < 4.78 is 0. The number of nitrogens with one attached hydrogen (secondary N) is 1. The van der Waals surface area contributed by atoms with Crippen LogP contribution in [0.25, 0.3) is 0 Å². The Bertz CT molecular complexity index is 206. The molecule has 0 saturated carbocycles. The summed E-state index contributed by atoms with van der Waals surface area (Å²) in [6, 6.07) is 0. The van der Waals surface area contributed by atoms with Crippen molar-refractivity contribution in [2.45, 2.75) is 6.42 Å². The molecule has 1 rings (SSSR count). The first kappa shape index (κ1) is 6.95. The molecule has 4 nitrogen and oxygen atoms in total. The number of hydrogen-bond donors (Lipinski definition) is 2. The van der Waals surface area contributed by atoms with E-state index in [1.54, 1.807) is 12.4 Å². The molecule has 0 bridgehead atoms. The highest BCUT2D eigenvalue weighted by Gasteiger charge is 2.01. The lowest BCUT2D eigenvalue weighted by Gasteiger charge is -1.90. The second-order valence-corrected chi connectivity index (χ2v) is 1.91. The summed E-state index contributed by atoms with van der Waals surface area (Å²) in [6.07, 6.45) is 3.39. The van der Waals surface area contributed by atoms with Gasteiger partial charge in [-0.25, -0.2) is 4.98 Å². The summed E-state index contributed by atoms with van der Waals surface area (Å²) in [7, 11) is 0. The molecule has 2 N–H and O–H groups in total. The van der Waals surface area contributed by atoms with Gasteiger partial charge < -0.3 is 10.1 Å². The Morgan fingerprint density at radius 1 is 1.80 bits per heavy atom. The maximum atomic E-state index is 10.6. The van der Waals surface area contributed by atoms with Gasteiger partial charge in [0.15, 0.2) is 5.78 Å². The number of ketones is 1. The molecule has 10 heavy (non-hydrogen) atoms. The molecular weight excluding hydrogens is 132 g/mol. The van der Waals surface area contributed by atoms with Crippen LogP contribution in [0.2, 0.25) is 0 Å². The lowest BCUT2D eigenvalue weighted by atomic mass is 10.3. The van der Waals surface area contributed by atoms with Gasteiger partial charge >= 0.3 is 0 Å². The SMILES string of the molecule is O=C(CO)Cc1ncc[nH]1. The third kappa shape index (κ3) is 1.66. The van der Waals surface area contributed by atoms with Crippen LogP contribution < -0.4 is 0 Å². The number of carbonyl (C=O) groups is 1. The quantitative estimate of drug-likeness (QED) is 0.595. The van der Waals surface area contributed by atoms with Gasteiger partial charge in [-0.2, -0.15) is 0 Å². The summed E-state index contributed by atoms with van der Waals surface area (Å²) in [5.41, 5.74) is 0. The van der Waals surface area contributed by atoms with Crippen molar-refractivity contribution in [1.29, 1.82) is 0 Å². The summed E-state index contributed by atoms with van der Waals surface area (Å²) in [6.45, 7) is -0.416. The van der Waals surface area contributed by atoms with Crippen LogP contribution in [0.5, 0.6) is 0 Å². The van der Waals surface area contributed by atoms with Crippen LogP contribution in [0, 0.1) is 0 Å². The predicted octanol–water partition coefficient (Wildman–Crippen LogP) is -0.486. The van der Waals surface area contributed by atoms with Gasteiger partial charge in [-0.05, 0) is 0 Å². The monoisotopic (exact) mass is 140 g/mol. The molecule has 0 atom stereocenters. The fraction of sp³-hybridized carbons (Fsp3) is 0.333. The molecule has 0 aliphatic carbocycles. The molecule has 1 heterocycles. The van der Waals surface area contributed by atoms with Gasteiger partial charge in [-0.3, -0.25) is 4.79 Å². The third-order valence-corrected chi connectivity index (χ3v) is 1.10. The lowest BCUT2D eigenvalue weighted by molar-refractivity contribution is -0.121. The zero-order valence-corrected chi connectivity index (χ0v) is 5.37. The molecule has 0 amide bonds. The fourth-order valence-electron chi connectivity index (χ4n) is 0.637. The number of aliphatic hydroxyl groups is 1. The van der Waals surface area contributed by atoms with E-state index in [1.165, 1.54) is 0 Å². The van der Waals surface area contributed by atoms with Gasteiger partial charge in [0, 0.05) is 12.4 Å². The van der Waals surface area contributed by atoms with E-state index in [2.05, 4.69) is 9.97 Å². The Morgan fingerprint density at radius 3 is 3.10 bits per heavy atom. The standard InChI is InChI=1S/C6H8N2O2/c9-4-5(10)3-6-7-1-2-8-6/h1-2,9H,3-4H2,(H,7,8). The van der Waals surface area contributed by atoms with Gasteiger partial charge in [0.25, 0.3) is 0 Å². The minimum absolute atomic E-state index is 0.184. The first-order valence-electron chi connectivity index (χ1n) is 2.93. The van der Waals surface area contributed by atoms with Crippen molar-refractivity contribution < 1.29 is 9.90 Å². The summed E-state index contributed by atoms with van der Waals surface area (Å²) in [4.78, 5) is 17.1. The summed E-state index contributed by atoms with van der Waals surface area (Å²) in [5.74, 6) is 0.369. The minimum Gasteiger partial charge on any atom is -0.389 e. The first-order chi connectivity index (χ1) is 4.83. The highest BCUT2D eigenvalue weighted by atomic mass is 16.3. The highest BCUT2D eigenvalue weighted by molar-refractivity contribution is 5.80. The number of H-pyrrole nitrogens is 1. The van der Waals surface area contributed by atoms with Crippen LogP contribution in [0.15, 0.2) is 12.4 Å². The Balaban J connectivity index is 2.48. The Hall–Kier alpha value is -1.16. The van der Waals surface area contributed by atoms with Crippen molar-refractivity contribution in [2.24, 2.45) is 0 Å². The van der Waals surface area contributed by atoms with Crippen molar-refractivity contribution in [3.63, 3.8) is 0 Å².